The van der Waals surface area contributed by atoms with Gasteiger partial charge in [0.25, 0.3) is 0 Å². The first-order chi connectivity index (χ1) is 9.52. The summed E-state index contributed by atoms with van der Waals surface area (Å²) in [7, 11) is 0. The molecule has 1 N–H and O–H groups in total. The average molecular weight is 269 g/mol. The zero-order valence-corrected chi connectivity index (χ0v) is 12.1. The molecule has 3 heteroatoms. The summed E-state index contributed by atoms with van der Waals surface area (Å²) in [5.74, 6) is 0.715. The minimum atomic E-state index is -0.0751. The Bertz CT molecular complexity index is 583. The number of carbonyl (C=O) groups is 1. The van der Waals surface area contributed by atoms with Crippen LogP contribution in [0.5, 0.6) is 5.75 Å². The van der Waals surface area contributed by atoms with Crippen molar-refractivity contribution in [1.29, 1.82) is 0 Å². The van der Waals surface area contributed by atoms with Crippen LogP contribution in [0.4, 0.5) is 5.69 Å². The van der Waals surface area contributed by atoms with Crippen LogP contribution in [-0.2, 0) is 11.4 Å². The lowest BCUT2D eigenvalue weighted by Crippen LogP contribution is -2.05. The van der Waals surface area contributed by atoms with E-state index in [4.69, 9.17) is 4.74 Å². The maximum absolute atomic E-state index is 10.9. The minimum absolute atomic E-state index is 0.0751. The van der Waals surface area contributed by atoms with E-state index in [1.54, 1.807) is 0 Å². The van der Waals surface area contributed by atoms with E-state index >= 15 is 0 Å². The number of nitrogens with one attached hydrogen (secondary N) is 1. The molecule has 0 aliphatic rings. The predicted molar refractivity (Wildman–Crippen MR) is 81.0 cm³/mol. The third-order valence-electron chi connectivity index (χ3n) is 2.86. The molecule has 104 valence electrons. The largest absolute Gasteiger partial charge is 0.489 e. The molecule has 3 nitrogen and oxygen atoms in total. The maximum atomic E-state index is 10.9. The minimum Gasteiger partial charge on any atom is -0.489 e. The standard InChI is InChI=1S/C17H19NO2/c1-12-8-13(2)10-15(9-12)11-20-17-6-4-16(5-7-17)18-14(3)19/h4-10H,11H2,1-3H3,(H,18,19). The van der Waals surface area contributed by atoms with E-state index in [2.05, 4.69) is 37.4 Å². The summed E-state index contributed by atoms with van der Waals surface area (Å²) in [6.07, 6.45) is 0. The lowest BCUT2D eigenvalue weighted by molar-refractivity contribution is -0.114. The van der Waals surface area contributed by atoms with Gasteiger partial charge in [0.2, 0.25) is 5.91 Å². The van der Waals surface area contributed by atoms with Crippen LogP contribution in [0.1, 0.15) is 23.6 Å². The number of hydrogen-bond acceptors (Lipinski definition) is 2. The van der Waals surface area contributed by atoms with Gasteiger partial charge in [0.05, 0.1) is 0 Å². The summed E-state index contributed by atoms with van der Waals surface area (Å²) < 4.78 is 5.75. The van der Waals surface area contributed by atoms with E-state index in [0.717, 1.165) is 17.0 Å². The lowest BCUT2D eigenvalue weighted by Gasteiger charge is -2.09. The van der Waals surface area contributed by atoms with Crippen LogP contribution in [0.2, 0.25) is 0 Å². The van der Waals surface area contributed by atoms with Gasteiger partial charge in [-0.1, -0.05) is 29.3 Å². The molecule has 0 saturated heterocycles. The molecule has 2 rings (SSSR count). The zero-order valence-electron chi connectivity index (χ0n) is 12.1. The van der Waals surface area contributed by atoms with Gasteiger partial charge in [-0.25, -0.2) is 0 Å². The van der Waals surface area contributed by atoms with Crippen molar-refractivity contribution in [3.63, 3.8) is 0 Å². The first kappa shape index (κ1) is 14.1. The molecule has 0 aliphatic carbocycles. The van der Waals surface area contributed by atoms with Crippen LogP contribution < -0.4 is 10.1 Å². The molecule has 1 amide bonds. The number of rotatable bonds is 4. The summed E-state index contributed by atoms with van der Waals surface area (Å²) in [6, 6.07) is 13.8. The predicted octanol–water partition coefficient (Wildman–Crippen LogP) is 3.84. The highest BCUT2D eigenvalue weighted by Gasteiger charge is 2.00. The number of carbonyl (C=O) groups excluding carboxylic acids is 1. The van der Waals surface area contributed by atoms with Crippen LogP contribution in [0.15, 0.2) is 42.5 Å². The number of anilines is 1. The number of aryl methyl sites for hydroxylation is 2. The average Bonchev–Trinajstić information content (AvgIpc) is 2.36. The van der Waals surface area contributed by atoms with Gasteiger partial charge < -0.3 is 10.1 Å². The molecule has 2 aromatic rings. The second-order valence-electron chi connectivity index (χ2n) is 4.99. The Kier molecular flexibility index (Phi) is 4.41. The molecule has 0 heterocycles. The normalized spacial score (nSPS) is 10.2. The fourth-order valence-electron chi connectivity index (χ4n) is 2.16. The Morgan fingerprint density at radius 1 is 1.05 bits per heavy atom. The molecule has 0 atom stereocenters. The topological polar surface area (TPSA) is 38.3 Å². The molecule has 20 heavy (non-hydrogen) atoms. The monoisotopic (exact) mass is 269 g/mol. The van der Waals surface area contributed by atoms with Crippen molar-refractivity contribution in [3.8, 4) is 5.75 Å². The third-order valence-corrected chi connectivity index (χ3v) is 2.86. The molecule has 0 unspecified atom stereocenters. The third kappa shape index (κ3) is 4.12. The van der Waals surface area contributed by atoms with Crippen molar-refractivity contribution in [1.82, 2.24) is 0 Å². The van der Waals surface area contributed by atoms with Crippen molar-refractivity contribution < 1.29 is 9.53 Å². The molecule has 0 aromatic heterocycles. The Morgan fingerprint density at radius 2 is 1.65 bits per heavy atom. The Hall–Kier alpha value is -2.29. The fourth-order valence-corrected chi connectivity index (χ4v) is 2.16. The van der Waals surface area contributed by atoms with Gasteiger partial charge in [-0.3, -0.25) is 4.79 Å². The lowest BCUT2D eigenvalue weighted by atomic mass is 10.1. The van der Waals surface area contributed by atoms with Gasteiger partial charge in [0.1, 0.15) is 12.4 Å². The zero-order chi connectivity index (χ0) is 14.5. The van der Waals surface area contributed by atoms with Gasteiger partial charge in [0.15, 0.2) is 0 Å². The van der Waals surface area contributed by atoms with Gasteiger partial charge in [-0.05, 0) is 43.7 Å². The first-order valence-corrected chi connectivity index (χ1v) is 6.60. The second kappa shape index (κ2) is 6.24. The number of benzene rings is 2. The molecule has 0 bridgehead atoms. The Morgan fingerprint density at radius 3 is 2.20 bits per heavy atom. The molecule has 0 radical (unpaired) electrons. The summed E-state index contributed by atoms with van der Waals surface area (Å²) in [5.41, 5.74) is 4.42. The summed E-state index contributed by atoms with van der Waals surface area (Å²) in [4.78, 5) is 10.9. The molecular weight excluding hydrogens is 250 g/mol. The van der Waals surface area contributed by atoms with Crippen LogP contribution in [-0.4, -0.2) is 5.91 Å². The molecule has 0 spiro atoms. The van der Waals surface area contributed by atoms with E-state index in [9.17, 15) is 4.79 Å². The molecule has 2 aromatic carbocycles. The van der Waals surface area contributed by atoms with Gasteiger partial charge in [0, 0.05) is 12.6 Å². The van der Waals surface area contributed by atoms with E-state index in [1.165, 1.54) is 18.1 Å². The Labute approximate surface area is 119 Å². The molecular formula is C17H19NO2. The van der Waals surface area contributed by atoms with E-state index in [1.807, 2.05) is 24.3 Å². The van der Waals surface area contributed by atoms with E-state index in [0.29, 0.717) is 6.61 Å². The van der Waals surface area contributed by atoms with Gasteiger partial charge >= 0.3 is 0 Å². The fraction of sp³-hybridized carbons (Fsp3) is 0.235. The summed E-state index contributed by atoms with van der Waals surface area (Å²) >= 11 is 0. The molecule has 0 fully saturated rings. The number of ether oxygens (including phenoxy) is 1. The van der Waals surface area contributed by atoms with Crippen molar-refractivity contribution in [2.24, 2.45) is 0 Å². The summed E-state index contributed by atoms with van der Waals surface area (Å²) in [5, 5.41) is 2.73. The van der Waals surface area contributed by atoms with E-state index in [-0.39, 0.29) is 5.91 Å². The molecule has 0 aliphatic heterocycles. The van der Waals surface area contributed by atoms with Crippen molar-refractivity contribution in [3.05, 3.63) is 59.2 Å². The highest BCUT2D eigenvalue weighted by Crippen LogP contribution is 2.18. The van der Waals surface area contributed by atoms with Crippen LogP contribution in [0.25, 0.3) is 0 Å². The van der Waals surface area contributed by atoms with Crippen LogP contribution >= 0.6 is 0 Å². The van der Waals surface area contributed by atoms with E-state index < -0.39 is 0 Å². The quantitative estimate of drug-likeness (QED) is 0.915. The summed E-state index contributed by atoms with van der Waals surface area (Å²) in [6.45, 7) is 6.20. The number of hydrogen-bond donors (Lipinski definition) is 1. The van der Waals surface area contributed by atoms with Crippen molar-refractivity contribution >= 4 is 11.6 Å². The van der Waals surface area contributed by atoms with Crippen LogP contribution in [0.3, 0.4) is 0 Å². The van der Waals surface area contributed by atoms with Crippen molar-refractivity contribution in [2.75, 3.05) is 5.32 Å². The Balaban J connectivity index is 1.98. The van der Waals surface area contributed by atoms with Gasteiger partial charge in [-0.2, -0.15) is 0 Å². The van der Waals surface area contributed by atoms with Crippen molar-refractivity contribution in [2.45, 2.75) is 27.4 Å². The smallest absolute Gasteiger partial charge is 0.221 e. The second-order valence-corrected chi connectivity index (χ2v) is 4.99. The number of amides is 1. The SMILES string of the molecule is CC(=O)Nc1ccc(OCc2cc(C)cc(C)c2)cc1. The van der Waals surface area contributed by atoms with Gasteiger partial charge in [-0.15, -0.1) is 0 Å². The maximum Gasteiger partial charge on any atom is 0.221 e. The molecule has 0 saturated carbocycles. The first-order valence-electron chi connectivity index (χ1n) is 6.60. The highest BCUT2D eigenvalue weighted by atomic mass is 16.5. The highest BCUT2D eigenvalue weighted by molar-refractivity contribution is 5.88. The van der Waals surface area contributed by atoms with Crippen LogP contribution in [0, 0.1) is 13.8 Å².